The molecule has 1 heterocycles. The van der Waals surface area contributed by atoms with E-state index in [2.05, 4.69) is 0 Å². The number of fused-ring (bicyclic) bond motifs is 1. The van der Waals surface area contributed by atoms with Gasteiger partial charge in [0, 0.05) is 18.6 Å². The average molecular weight is 236 g/mol. The van der Waals surface area contributed by atoms with Gasteiger partial charge in [0.15, 0.2) is 0 Å². The van der Waals surface area contributed by atoms with Gasteiger partial charge in [0.05, 0.1) is 10.5 Å². The third kappa shape index (κ3) is 1.66. The number of imide groups is 1. The maximum absolute atomic E-state index is 11.5. The number of nitrogens with one attached hydrogen (secondary N) is 1. The van der Waals surface area contributed by atoms with E-state index in [4.69, 9.17) is 5.11 Å². The Morgan fingerprint density at radius 3 is 2.59 bits per heavy atom. The summed E-state index contributed by atoms with van der Waals surface area (Å²) in [6.07, 6.45) is 0.0606. The zero-order chi connectivity index (χ0) is 12.6. The third-order valence-corrected chi connectivity index (χ3v) is 2.52. The van der Waals surface area contributed by atoms with E-state index in [0.29, 0.717) is 0 Å². The first-order valence-corrected chi connectivity index (χ1v) is 4.83. The van der Waals surface area contributed by atoms with Crippen LogP contribution < -0.4 is 5.32 Å². The molecule has 0 aliphatic carbocycles. The molecule has 0 saturated carbocycles. The van der Waals surface area contributed by atoms with Gasteiger partial charge in [0.1, 0.15) is 5.56 Å². The van der Waals surface area contributed by atoms with Crippen LogP contribution in [0.1, 0.15) is 26.3 Å². The molecule has 0 aromatic heterocycles. The molecule has 0 fully saturated rings. The molecule has 7 heteroatoms. The average Bonchev–Trinajstić information content (AvgIpc) is 2.54. The van der Waals surface area contributed by atoms with E-state index in [1.165, 1.54) is 12.1 Å². The Balaban J connectivity index is 2.70. The highest BCUT2D eigenvalue weighted by Crippen LogP contribution is 2.30. The van der Waals surface area contributed by atoms with Crippen LogP contribution in [0.3, 0.4) is 0 Å². The highest BCUT2D eigenvalue weighted by atomic mass is 16.6. The number of aliphatic hydroxyl groups is 1. The molecular weight excluding hydrogens is 228 g/mol. The fourth-order valence-corrected chi connectivity index (χ4v) is 1.82. The summed E-state index contributed by atoms with van der Waals surface area (Å²) in [5, 5.41) is 21.7. The molecule has 0 spiro atoms. The third-order valence-electron chi connectivity index (χ3n) is 2.52. The Kier molecular flexibility index (Phi) is 2.60. The van der Waals surface area contributed by atoms with E-state index < -0.39 is 22.4 Å². The number of carbonyl (C=O) groups excluding carboxylic acids is 2. The number of carbonyl (C=O) groups is 2. The molecular formula is C10H8N2O5. The van der Waals surface area contributed by atoms with Gasteiger partial charge in [-0.3, -0.25) is 25.0 Å². The predicted molar refractivity (Wildman–Crippen MR) is 55.7 cm³/mol. The summed E-state index contributed by atoms with van der Waals surface area (Å²) in [5.41, 5.74) is -0.379. The van der Waals surface area contributed by atoms with Crippen molar-refractivity contribution < 1.29 is 19.6 Å². The van der Waals surface area contributed by atoms with E-state index in [-0.39, 0.29) is 29.7 Å². The molecule has 17 heavy (non-hydrogen) atoms. The Morgan fingerprint density at radius 2 is 2.00 bits per heavy atom. The van der Waals surface area contributed by atoms with E-state index in [1.54, 1.807) is 0 Å². The van der Waals surface area contributed by atoms with Crippen molar-refractivity contribution >= 4 is 17.5 Å². The Morgan fingerprint density at radius 1 is 1.29 bits per heavy atom. The topological polar surface area (TPSA) is 110 Å². The minimum absolute atomic E-state index is 0.00314. The number of nitro groups is 1. The number of aliphatic hydroxyl groups excluding tert-OH is 1. The summed E-state index contributed by atoms with van der Waals surface area (Å²) >= 11 is 0. The van der Waals surface area contributed by atoms with Crippen LogP contribution >= 0.6 is 0 Å². The Hall–Kier alpha value is -2.28. The van der Waals surface area contributed by atoms with E-state index >= 15 is 0 Å². The monoisotopic (exact) mass is 236 g/mol. The number of benzene rings is 1. The predicted octanol–water partition coefficient (Wildman–Crippen LogP) is 0.0132. The SMILES string of the molecule is O=C1NC(=O)c2c1ccc(CCO)c2[N+](=O)[O-]. The molecule has 1 aromatic rings. The van der Waals surface area contributed by atoms with Crippen molar-refractivity contribution in [2.24, 2.45) is 0 Å². The van der Waals surface area contributed by atoms with Crippen molar-refractivity contribution in [3.8, 4) is 0 Å². The fraction of sp³-hybridized carbons (Fsp3) is 0.200. The number of nitrogens with zero attached hydrogens (tertiary/aromatic N) is 1. The summed E-state index contributed by atoms with van der Waals surface area (Å²) in [5.74, 6) is -1.40. The van der Waals surface area contributed by atoms with Crippen LogP contribution in [0.2, 0.25) is 0 Å². The van der Waals surface area contributed by atoms with Crippen molar-refractivity contribution in [2.45, 2.75) is 6.42 Å². The Bertz CT molecular complexity index is 538. The second-order valence-corrected chi connectivity index (χ2v) is 3.51. The molecule has 88 valence electrons. The summed E-state index contributed by atoms with van der Waals surface area (Å²) in [7, 11) is 0. The molecule has 1 aliphatic heterocycles. The first kappa shape index (κ1) is 11.2. The maximum Gasteiger partial charge on any atom is 0.286 e. The van der Waals surface area contributed by atoms with Crippen LogP contribution in [0.15, 0.2) is 12.1 Å². The number of hydrogen-bond acceptors (Lipinski definition) is 5. The van der Waals surface area contributed by atoms with Crippen molar-refractivity contribution in [1.82, 2.24) is 5.32 Å². The van der Waals surface area contributed by atoms with Crippen LogP contribution in [0.25, 0.3) is 0 Å². The molecule has 0 radical (unpaired) electrons. The van der Waals surface area contributed by atoms with Gasteiger partial charge >= 0.3 is 0 Å². The van der Waals surface area contributed by atoms with Crippen LogP contribution in [0, 0.1) is 10.1 Å². The second-order valence-electron chi connectivity index (χ2n) is 3.51. The smallest absolute Gasteiger partial charge is 0.286 e. The maximum atomic E-state index is 11.5. The molecule has 1 aromatic carbocycles. The minimum atomic E-state index is -0.767. The molecule has 0 unspecified atom stereocenters. The lowest BCUT2D eigenvalue weighted by atomic mass is 10.0. The fourth-order valence-electron chi connectivity index (χ4n) is 1.82. The van der Waals surface area contributed by atoms with Gasteiger partial charge < -0.3 is 5.11 Å². The van der Waals surface area contributed by atoms with Crippen molar-refractivity contribution in [3.63, 3.8) is 0 Å². The number of rotatable bonds is 3. The molecule has 2 N–H and O–H groups in total. The highest BCUT2D eigenvalue weighted by Gasteiger charge is 2.36. The normalized spacial score (nSPS) is 13.5. The zero-order valence-corrected chi connectivity index (χ0v) is 8.60. The highest BCUT2D eigenvalue weighted by molar-refractivity contribution is 6.23. The number of amides is 2. The molecule has 0 bridgehead atoms. The van der Waals surface area contributed by atoms with Gasteiger partial charge in [-0.1, -0.05) is 6.07 Å². The zero-order valence-electron chi connectivity index (χ0n) is 8.60. The van der Waals surface area contributed by atoms with Gasteiger partial charge in [-0.05, 0) is 6.07 Å². The molecule has 0 atom stereocenters. The van der Waals surface area contributed by atoms with Crippen LogP contribution in [-0.2, 0) is 6.42 Å². The van der Waals surface area contributed by atoms with Gasteiger partial charge in [0.25, 0.3) is 17.5 Å². The van der Waals surface area contributed by atoms with Crippen LogP contribution in [-0.4, -0.2) is 28.5 Å². The largest absolute Gasteiger partial charge is 0.396 e. The lowest BCUT2D eigenvalue weighted by Crippen LogP contribution is -2.20. The minimum Gasteiger partial charge on any atom is -0.396 e. The van der Waals surface area contributed by atoms with Crippen molar-refractivity contribution in [1.29, 1.82) is 0 Å². The second kappa shape index (κ2) is 3.95. The summed E-state index contributed by atoms with van der Waals surface area (Å²) in [6, 6.07) is 2.74. The summed E-state index contributed by atoms with van der Waals surface area (Å²) in [4.78, 5) is 33.0. The van der Waals surface area contributed by atoms with Gasteiger partial charge in [-0.25, -0.2) is 0 Å². The standard InChI is InChI=1S/C10H8N2O5/c13-4-3-5-1-2-6-7(8(5)12(16)17)10(15)11-9(6)14/h1-2,13H,3-4H2,(H,11,14,15). The molecule has 2 amide bonds. The van der Waals surface area contributed by atoms with E-state index in [9.17, 15) is 19.7 Å². The van der Waals surface area contributed by atoms with E-state index in [1.807, 2.05) is 5.32 Å². The van der Waals surface area contributed by atoms with Gasteiger partial charge in [-0.2, -0.15) is 0 Å². The first-order chi connectivity index (χ1) is 8.06. The summed E-state index contributed by atoms with van der Waals surface area (Å²) < 4.78 is 0. The Labute approximate surface area is 95.2 Å². The van der Waals surface area contributed by atoms with Crippen LogP contribution in [0.5, 0.6) is 0 Å². The summed E-state index contributed by atoms with van der Waals surface area (Å²) in [6.45, 7) is -0.269. The quantitative estimate of drug-likeness (QED) is 0.436. The molecule has 0 saturated heterocycles. The van der Waals surface area contributed by atoms with Crippen molar-refractivity contribution in [3.05, 3.63) is 38.9 Å². The van der Waals surface area contributed by atoms with Gasteiger partial charge in [0.2, 0.25) is 0 Å². The lowest BCUT2D eigenvalue weighted by Gasteiger charge is -2.03. The molecule has 2 rings (SSSR count). The first-order valence-electron chi connectivity index (χ1n) is 4.83. The van der Waals surface area contributed by atoms with E-state index in [0.717, 1.165) is 0 Å². The molecule has 7 nitrogen and oxygen atoms in total. The van der Waals surface area contributed by atoms with Gasteiger partial charge in [-0.15, -0.1) is 0 Å². The number of hydrogen-bond donors (Lipinski definition) is 2. The van der Waals surface area contributed by atoms with Crippen LogP contribution in [0.4, 0.5) is 5.69 Å². The van der Waals surface area contributed by atoms with Crippen molar-refractivity contribution in [2.75, 3.05) is 6.61 Å². The molecule has 1 aliphatic rings. The number of nitro benzene ring substituents is 1. The lowest BCUT2D eigenvalue weighted by molar-refractivity contribution is -0.385.